The molecule has 0 aliphatic heterocycles. The number of fused-ring (bicyclic) bond motifs is 1. The van der Waals surface area contributed by atoms with Crippen molar-refractivity contribution in [1.82, 2.24) is 9.29 Å². The van der Waals surface area contributed by atoms with Crippen LogP contribution in [0.4, 0.5) is 5.13 Å². The van der Waals surface area contributed by atoms with Crippen molar-refractivity contribution in [2.75, 3.05) is 32.1 Å². The minimum Gasteiger partial charge on any atom is -0.383 e. The van der Waals surface area contributed by atoms with Crippen LogP contribution in [0.5, 0.6) is 0 Å². The maximum absolute atomic E-state index is 13.4. The largest absolute Gasteiger partial charge is 0.383 e. The van der Waals surface area contributed by atoms with E-state index in [4.69, 9.17) is 4.74 Å². The van der Waals surface area contributed by atoms with E-state index in [9.17, 15) is 13.2 Å². The highest BCUT2D eigenvalue weighted by Crippen LogP contribution is 2.26. The normalized spacial score (nSPS) is 11.9. The minimum atomic E-state index is -3.91. The summed E-state index contributed by atoms with van der Waals surface area (Å²) >= 11 is 1.36. The lowest BCUT2D eigenvalue weighted by molar-refractivity contribution is -0.116. The van der Waals surface area contributed by atoms with Gasteiger partial charge in [-0.05, 0) is 25.3 Å². The Balaban J connectivity index is 1.89. The highest BCUT2D eigenvalue weighted by Gasteiger charge is 2.28. The van der Waals surface area contributed by atoms with E-state index in [2.05, 4.69) is 10.3 Å². The molecule has 0 radical (unpaired) electrons. The second-order valence-corrected chi connectivity index (χ2v) is 9.63. The van der Waals surface area contributed by atoms with E-state index in [1.54, 1.807) is 24.3 Å². The number of rotatable bonds is 8. The summed E-state index contributed by atoms with van der Waals surface area (Å²) in [5, 5.41) is 4.58. The summed E-state index contributed by atoms with van der Waals surface area (Å²) in [4.78, 5) is 18.0. The number of ether oxygens (including phenoxy) is 1. The highest BCUT2D eigenvalue weighted by molar-refractivity contribution is 7.89. The fourth-order valence-electron chi connectivity index (χ4n) is 2.88. The van der Waals surface area contributed by atoms with Crippen molar-refractivity contribution in [3.8, 4) is 0 Å². The molecule has 0 saturated heterocycles. The molecule has 7 nitrogen and oxygen atoms in total. The van der Waals surface area contributed by atoms with Crippen molar-refractivity contribution in [2.24, 2.45) is 0 Å². The van der Waals surface area contributed by atoms with Gasteiger partial charge in [-0.2, -0.15) is 4.31 Å². The van der Waals surface area contributed by atoms with Crippen LogP contribution in [-0.4, -0.2) is 50.4 Å². The van der Waals surface area contributed by atoms with Crippen LogP contribution in [0.2, 0.25) is 0 Å². The van der Waals surface area contributed by atoms with Gasteiger partial charge in [0.05, 0.1) is 23.7 Å². The number of anilines is 1. The highest BCUT2D eigenvalue weighted by atomic mass is 32.2. The molecule has 0 bridgehead atoms. The van der Waals surface area contributed by atoms with Crippen LogP contribution in [-0.2, 0) is 19.6 Å². The van der Waals surface area contributed by atoms with Crippen molar-refractivity contribution < 1.29 is 17.9 Å². The van der Waals surface area contributed by atoms with Crippen LogP contribution < -0.4 is 5.32 Å². The first-order chi connectivity index (χ1) is 13.8. The number of thiazole rings is 1. The molecule has 0 atom stereocenters. The zero-order valence-electron chi connectivity index (χ0n) is 16.5. The quantitative estimate of drug-likeness (QED) is 0.589. The Morgan fingerprint density at radius 1 is 1.17 bits per heavy atom. The molecule has 0 spiro atoms. The predicted molar refractivity (Wildman–Crippen MR) is 115 cm³/mol. The molecular formula is C20H23N3O4S2. The smallest absolute Gasteiger partial charge is 0.244 e. The van der Waals surface area contributed by atoms with E-state index in [1.165, 1.54) is 18.4 Å². The van der Waals surface area contributed by atoms with Crippen molar-refractivity contribution in [3.05, 3.63) is 53.0 Å². The number of aromatic nitrogens is 1. The third-order valence-electron chi connectivity index (χ3n) is 4.51. The molecule has 0 aliphatic carbocycles. The lowest BCUT2D eigenvalue weighted by Crippen LogP contribution is -2.40. The van der Waals surface area contributed by atoms with E-state index < -0.39 is 15.9 Å². The number of nitrogens with one attached hydrogen (secondary N) is 1. The Labute approximate surface area is 174 Å². The van der Waals surface area contributed by atoms with E-state index in [0.717, 1.165) is 20.3 Å². The molecule has 1 heterocycles. The van der Waals surface area contributed by atoms with Gasteiger partial charge in [-0.3, -0.25) is 4.79 Å². The van der Waals surface area contributed by atoms with E-state index in [0.29, 0.717) is 10.5 Å². The zero-order chi connectivity index (χ0) is 21.0. The summed E-state index contributed by atoms with van der Waals surface area (Å²) < 4.78 is 33.0. The lowest BCUT2D eigenvalue weighted by atomic mass is 10.1. The van der Waals surface area contributed by atoms with Crippen molar-refractivity contribution in [3.63, 3.8) is 0 Å². The number of amides is 1. The van der Waals surface area contributed by atoms with Gasteiger partial charge >= 0.3 is 0 Å². The molecular weight excluding hydrogens is 410 g/mol. The first-order valence-electron chi connectivity index (χ1n) is 9.03. The standard InChI is InChI=1S/C20H23N3O4S2/c1-14-15(2)28-20(21-14)22-19(24)13-23(11-12-27-3)29(25,26)18-10-6-8-16-7-4-5-9-17(16)18/h4-10H,11-13H2,1-3H3,(H,21,22,24). The monoisotopic (exact) mass is 433 g/mol. The second kappa shape index (κ2) is 9.00. The van der Waals surface area contributed by atoms with E-state index >= 15 is 0 Å². The number of aryl methyl sites for hydroxylation is 2. The molecule has 9 heteroatoms. The molecule has 154 valence electrons. The first kappa shape index (κ1) is 21.4. The molecule has 0 aliphatic rings. The van der Waals surface area contributed by atoms with Crippen LogP contribution in [0.15, 0.2) is 47.4 Å². The zero-order valence-corrected chi connectivity index (χ0v) is 18.1. The fraction of sp³-hybridized carbons (Fsp3) is 0.300. The summed E-state index contributed by atoms with van der Waals surface area (Å²) in [6, 6.07) is 12.4. The average Bonchev–Trinajstić information content (AvgIpc) is 3.01. The number of methoxy groups -OCH3 is 1. The average molecular weight is 434 g/mol. The minimum absolute atomic E-state index is 0.0609. The summed E-state index contributed by atoms with van der Waals surface area (Å²) in [6.07, 6.45) is 0. The summed E-state index contributed by atoms with van der Waals surface area (Å²) in [5.41, 5.74) is 0.838. The number of hydrogen-bond donors (Lipinski definition) is 1. The molecule has 0 unspecified atom stereocenters. The first-order valence-corrected chi connectivity index (χ1v) is 11.3. The number of carbonyl (C=O) groups excluding carboxylic acids is 1. The van der Waals surface area contributed by atoms with Crippen molar-refractivity contribution >= 4 is 43.2 Å². The van der Waals surface area contributed by atoms with Gasteiger partial charge in [0.2, 0.25) is 15.9 Å². The number of benzene rings is 2. The molecule has 1 aromatic heterocycles. The fourth-order valence-corrected chi connectivity index (χ4v) is 5.31. The molecule has 29 heavy (non-hydrogen) atoms. The predicted octanol–water partition coefficient (Wildman–Crippen LogP) is 3.19. The van der Waals surface area contributed by atoms with Gasteiger partial charge in [0.1, 0.15) is 0 Å². The van der Waals surface area contributed by atoms with E-state index in [1.807, 2.05) is 32.0 Å². The maximum atomic E-state index is 13.4. The Hall–Kier alpha value is -2.33. The van der Waals surface area contributed by atoms with Gasteiger partial charge < -0.3 is 10.1 Å². The third kappa shape index (κ3) is 4.81. The Morgan fingerprint density at radius 3 is 2.59 bits per heavy atom. The summed E-state index contributed by atoms with van der Waals surface area (Å²) in [6.45, 7) is 3.68. The Kier molecular flexibility index (Phi) is 6.63. The molecule has 0 saturated carbocycles. The topological polar surface area (TPSA) is 88.6 Å². The number of hydrogen-bond acceptors (Lipinski definition) is 6. The van der Waals surface area contributed by atoms with E-state index in [-0.39, 0.29) is 24.6 Å². The number of carbonyl (C=O) groups is 1. The number of nitrogens with zero attached hydrogens (tertiary/aromatic N) is 2. The van der Waals surface area contributed by atoms with Crippen LogP contribution in [0.3, 0.4) is 0 Å². The molecule has 1 N–H and O–H groups in total. The van der Waals surface area contributed by atoms with Crippen molar-refractivity contribution in [2.45, 2.75) is 18.7 Å². The SMILES string of the molecule is COCCN(CC(=O)Nc1nc(C)c(C)s1)S(=O)(=O)c1cccc2ccccc12. The van der Waals surface area contributed by atoms with Crippen LogP contribution >= 0.6 is 11.3 Å². The van der Waals surface area contributed by atoms with Crippen LogP contribution in [0.1, 0.15) is 10.6 Å². The third-order valence-corrected chi connectivity index (χ3v) is 7.40. The van der Waals surface area contributed by atoms with Crippen LogP contribution in [0, 0.1) is 13.8 Å². The van der Waals surface area contributed by atoms with Gasteiger partial charge in [0.15, 0.2) is 5.13 Å². The van der Waals surface area contributed by atoms with Gasteiger partial charge in [0.25, 0.3) is 0 Å². The molecule has 0 fully saturated rings. The van der Waals surface area contributed by atoms with Crippen molar-refractivity contribution in [1.29, 1.82) is 0 Å². The molecule has 1 amide bonds. The Morgan fingerprint density at radius 2 is 1.90 bits per heavy atom. The van der Waals surface area contributed by atoms with Gasteiger partial charge in [-0.15, -0.1) is 11.3 Å². The molecule has 2 aromatic carbocycles. The Bertz CT molecular complexity index is 1100. The summed E-state index contributed by atoms with van der Waals surface area (Å²) in [5.74, 6) is -0.446. The molecule has 3 rings (SSSR count). The van der Waals surface area contributed by atoms with Gasteiger partial charge in [-0.25, -0.2) is 13.4 Å². The van der Waals surface area contributed by atoms with Gasteiger partial charge in [0, 0.05) is 23.9 Å². The van der Waals surface area contributed by atoms with Crippen LogP contribution in [0.25, 0.3) is 10.8 Å². The van der Waals surface area contributed by atoms with Gasteiger partial charge in [-0.1, -0.05) is 36.4 Å². The lowest BCUT2D eigenvalue weighted by Gasteiger charge is -2.22. The number of sulfonamides is 1. The maximum Gasteiger partial charge on any atom is 0.244 e. The summed E-state index contributed by atoms with van der Waals surface area (Å²) in [7, 11) is -2.42. The molecule has 3 aromatic rings. The second-order valence-electron chi connectivity index (χ2n) is 6.52.